The van der Waals surface area contributed by atoms with E-state index in [0.717, 1.165) is 0 Å². The number of nitrogens with two attached hydrogens (primary N) is 1. The van der Waals surface area contributed by atoms with Crippen LogP contribution in [-0.2, 0) is 0 Å². The summed E-state index contributed by atoms with van der Waals surface area (Å²) < 4.78 is 10.4. The van der Waals surface area contributed by atoms with Crippen molar-refractivity contribution in [3.8, 4) is 17.2 Å². The summed E-state index contributed by atoms with van der Waals surface area (Å²) in [6, 6.07) is 20.0. The molecule has 0 bridgehead atoms. The molecule has 4 aromatic rings. The van der Waals surface area contributed by atoms with Gasteiger partial charge in [0, 0.05) is 16.6 Å². The van der Waals surface area contributed by atoms with Crippen molar-refractivity contribution in [2.75, 3.05) is 19.5 Å². The number of carbonyl (C=O) groups is 2. The Morgan fingerprint density at radius 2 is 1.66 bits per heavy atom. The van der Waals surface area contributed by atoms with E-state index in [2.05, 4.69) is 15.5 Å². The monoisotopic (exact) mass is 470 g/mol. The summed E-state index contributed by atoms with van der Waals surface area (Å²) >= 11 is 0. The van der Waals surface area contributed by atoms with Gasteiger partial charge in [-0.15, -0.1) is 10.2 Å². The third-order valence-corrected chi connectivity index (χ3v) is 5.31. The number of nitrogens with zero attached hydrogens (tertiary/aromatic N) is 2. The zero-order chi connectivity index (χ0) is 24.9. The van der Waals surface area contributed by atoms with Gasteiger partial charge in [0.05, 0.1) is 19.8 Å². The molecule has 0 radical (unpaired) electrons. The van der Waals surface area contributed by atoms with Crippen molar-refractivity contribution in [1.29, 1.82) is 0 Å². The molecule has 0 aliphatic heterocycles. The van der Waals surface area contributed by atoms with Crippen LogP contribution in [0.15, 0.2) is 83.0 Å². The maximum absolute atomic E-state index is 13.0. The summed E-state index contributed by atoms with van der Waals surface area (Å²) in [4.78, 5) is 24.6. The van der Waals surface area contributed by atoms with Gasteiger partial charge in [0.25, 0.3) is 5.91 Å². The number of azo groups is 1. The van der Waals surface area contributed by atoms with Crippen LogP contribution in [0.25, 0.3) is 10.8 Å². The molecule has 176 valence electrons. The molecule has 4 N–H and O–H groups in total. The second kappa shape index (κ2) is 9.92. The highest BCUT2D eigenvalue weighted by atomic mass is 16.5. The zero-order valence-corrected chi connectivity index (χ0v) is 19.0. The molecule has 0 aromatic heterocycles. The number of carbonyl (C=O) groups excluding carboxylic acids is 2. The lowest BCUT2D eigenvalue weighted by Gasteiger charge is -2.12. The molecule has 0 fully saturated rings. The molecule has 0 aliphatic carbocycles. The number of amides is 2. The number of nitrogens with one attached hydrogen (secondary N) is 1. The molecule has 0 atom stereocenters. The predicted molar refractivity (Wildman–Crippen MR) is 132 cm³/mol. The molecule has 0 saturated carbocycles. The fraction of sp³-hybridized carbons (Fsp3) is 0.0769. The number of phenols is 1. The Hall–Kier alpha value is -4.92. The van der Waals surface area contributed by atoms with Crippen molar-refractivity contribution < 1.29 is 24.2 Å². The number of hydrogen-bond donors (Lipinski definition) is 3. The van der Waals surface area contributed by atoms with E-state index in [9.17, 15) is 14.7 Å². The van der Waals surface area contributed by atoms with Crippen LogP contribution < -0.4 is 20.5 Å². The van der Waals surface area contributed by atoms with E-state index in [1.54, 1.807) is 61.7 Å². The molecule has 2 amide bonds. The Bertz CT molecular complexity index is 1450. The first kappa shape index (κ1) is 23.2. The Kier molecular flexibility index (Phi) is 6.59. The first-order chi connectivity index (χ1) is 16.9. The number of benzene rings is 4. The van der Waals surface area contributed by atoms with Crippen LogP contribution >= 0.6 is 0 Å². The Labute approximate surface area is 200 Å². The summed E-state index contributed by atoms with van der Waals surface area (Å²) in [7, 11) is 3.01. The molecule has 0 spiro atoms. The minimum absolute atomic E-state index is 0.0197. The molecule has 9 heteroatoms. The first-order valence-electron chi connectivity index (χ1n) is 10.5. The number of primary amides is 1. The Morgan fingerprint density at radius 3 is 2.34 bits per heavy atom. The maximum Gasteiger partial charge on any atom is 0.259 e. The molecular weight excluding hydrogens is 448 g/mol. The van der Waals surface area contributed by atoms with Crippen molar-refractivity contribution >= 4 is 39.6 Å². The average molecular weight is 470 g/mol. The average Bonchev–Trinajstić information content (AvgIpc) is 2.88. The summed E-state index contributed by atoms with van der Waals surface area (Å²) in [6.45, 7) is 0. The molecular formula is C26H22N4O5. The van der Waals surface area contributed by atoms with Crippen LogP contribution in [0.5, 0.6) is 17.2 Å². The van der Waals surface area contributed by atoms with Gasteiger partial charge in [-0.25, -0.2) is 0 Å². The number of rotatable bonds is 7. The smallest absolute Gasteiger partial charge is 0.259 e. The number of fused-ring (bicyclic) bond motifs is 1. The van der Waals surface area contributed by atoms with Crippen LogP contribution in [0.2, 0.25) is 0 Å². The third kappa shape index (κ3) is 4.88. The van der Waals surface area contributed by atoms with Gasteiger partial charge in [-0.2, -0.15) is 0 Å². The summed E-state index contributed by atoms with van der Waals surface area (Å²) in [5, 5.41) is 23.5. The first-order valence-corrected chi connectivity index (χ1v) is 10.5. The molecule has 0 unspecified atom stereocenters. The third-order valence-electron chi connectivity index (χ3n) is 5.31. The normalized spacial score (nSPS) is 10.9. The zero-order valence-electron chi connectivity index (χ0n) is 19.0. The van der Waals surface area contributed by atoms with E-state index in [-0.39, 0.29) is 28.3 Å². The maximum atomic E-state index is 13.0. The molecule has 0 aliphatic rings. The minimum Gasteiger partial charge on any atom is -0.505 e. The van der Waals surface area contributed by atoms with E-state index in [0.29, 0.717) is 28.0 Å². The van der Waals surface area contributed by atoms with Gasteiger partial charge in [-0.1, -0.05) is 24.3 Å². The van der Waals surface area contributed by atoms with Gasteiger partial charge >= 0.3 is 0 Å². The van der Waals surface area contributed by atoms with Crippen LogP contribution in [0, 0.1) is 0 Å². The van der Waals surface area contributed by atoms with Crippen LogP contribution in [-0.4, -0.2) is 31.1 Å². The number of ether oxygens (including phenoxy) is 2. The topological polar surface area (TPSA) is 136 Å². The molecule has 4 aromatic carbocycles. The lowest BCUT2D eigenvalue weighted by molar-refractivity contribution is 0.0997. The van der Waals surface area contributed by atoms with E-state index in [1.807, 2.05) is 6.07 Å². The van der Waals surface area contributed by atoms with Crippen molar-refractivity contribution in [3.63, 3.8) is 0 Å². The predicted octanol–water partition coefficient (Wildman–Crippen LogP) is 5.33. The lowest BCUT2D eigenvalue weighted by Crippen LogP contribution is -2.12. The van der Waals surface area contributed by atoms with E-state index in [4.69, 9.17) is 15.2 Å². The lowest BCUT2D eigenvalue weighted by atomic mass is 10.0. The summed E-state index contributed by atoms with van der Waals surface area (Å²) in [5.74, 6) is -0.493. The van der Waals surface area contributed by atoms with Crippen LogP contribution in [0.3, 0.4) is 0 Å². The summed E-state index contributed by atoms with van der Waals surface area (Å²) in [5.41, 5.74) is 6.47. The van der Waals surface area contributed by atoms with Gasteiger partial charge < -0.3 is 25.6 Å². The van der Waals surface area contributed by atoms with E-state index >= 15 is 0 Å². The Balaban J connectivity index is 1.77. The number of phenolic OH excluding ortho intramolecular Hbond substituents is 1. The fourth-order valence-corrected chi connectivity index (χ4v) is 3.49. The quantitative estimate of drug-likeness (QED) is 0.314. The van der Waals surface area contributed by atoms with Crippen molar-refractivity contribution in [1.82, 2.24) is 0 Å². The largest absolute Gasteiger partial charge is 0.505 e. The molecule has 0 saturated heterocycles. The summed E-state index contributed by atoms with van der Waals surface area (Å²) in [6.07, 6.45) is 0. The van der Waals surface area contributed by atoms with Gasteiger partial charge in [0.15, 0.2) is 5.75 Å². The highest BCUT2D eigenvalue weighted by molar-refractivity contribution is 6.11. The molecule has 9 nitrogen and oxygen atoms in total. The highest BCUT2D eigenvalue weighted by Gasteiger charge is 2.19. The fourth-order valence-electron chi connectivity index (χ4n) is 3.49. The number of hydrogen-bond acceptors (Lipinski definition) is 7. The Morgan fingerprint density at radius 1 is 0.914 bits per heavy atom. The minimum atomic E-state index is -0.630. The van der Waals surface area contributed by atoms with E-state index in [1.165, 1.54) is 19.2 Å². The van der Waals surface area contributed by atoms with Crippen LogP contribution in [0.4, 0.5) is 17.1 Å². The van der Waals surface area contributed by atoms with Crippen molar-refractivity contribution in [2.45, 2.75) is 0 Å². The van der Waals surface area contributed by atoms with Gasteiger partial charge in [-0.05, 0) is 53.9 Å². The van der Waals surface area contributed by atoms with Gasteiger partial charge in [0.2, 0.25) is 5.91 Å². The van der Waals surface area contributed by atoms with Crippen LogP contribution in [0.1, 0.15) is 20.7 Å². The molecule has 0 heterocycles. The number of aromatic hydroxyl groups is 1. The van der Waals surface area contributed by atoms with E-state index < -0.39 is 11.8 Å². The van der Waals surface area contributed by atoms with Crippen molar-refractivity contribution in [2.24, 2.45) is 16.0 Å². The number of anilines is 1. The standard InChI is InChI=1S/C26H22N4O5/c1-34-18-10-8-17(9-11-18)28-26(33)20-13-15-5-3-4-6-19(15)23(24(20)31)30-29-21-14-16(25(27)32)7-12-22(21)35-2/h3-14,31H,1-2H3,(H2,27,32)(H,28,33). The second-order valence-electron chi connectivity index (χ2n) is 7.48. The van der Waals surface area contributed by atoms with Gasteiger partial charge in [-0.3, -0.25) is 9.59 Å². The second-order valence-corrected chi connectivity index (χ2v) is 7.48. The highest BCUT2D eigenvalue weighted by Crippen LogP contribution is 2.40. The molecule has 35 heavy (non-hydrogen) atoms. The molecule has 4 rings (SSSR count). The SMILES string of the molecule is COc1ccc(NC(=O)c2cc3ccccc3c(N=Nc3cc(C(N)=O)ccc3OC)c2O)cc1. The van der Waals surface area contributed by atoms with Gasteiger partial charge in [0.1, 0.15) is 22.9 Å². The number of methoxy groups -OCH3 is 2. The van der Waals surface area contributed by atoms with Crippen molar-refractivity contribution in [3.05, 3.63) is 83.9 Å².